The third-order valence-corrected chi connectivity index (χ3v) is 4.74. The van der Waals surface area contributed by atoms with Crippen LogP contribution in [0.1, 0.15) is 36.9 Å². The Morgan fingerprint density at radius 3 is 2.55 bits per heavy atom. The Morgan fingerprint density at radius 1 is 1.45 bits per heavy atom. The molecule has 1 aliphatic rings. The number of rotatable bonds is 5. The number of aromatic nitrogens is 2. The monoisotopic (exact) mass is 295 g/mol. The summed E-state index contributed by atoms with van der Waals surface area (Å²) in [6, 6.07) is 0. The fourth-order valence-corrected chi connectivity index (χ4v) is 3.46. The van der Waals surface area contributed by atoms with Gasteiger partial charge >= 0.3 is 0 Å². The van der Waals surface area contributed by atoms with Gasteiger partial charge in [-0.15, -0.1) is 0 Å². The number of hydrogen-bond donors (Lipinski definition) is 2. The SMILES string of the molecule is Cc1nn(C)c(NCC2(N(C)C)CCCC2)c1C(N)=S. The number of nitrogens with one attached hydrogen (secondary N) is 1. The normalized spacial score (nSPS) is 17.6. The Balaban J connectivity index is 2.20. The number of nitrogens with zero attached hydrogens (tertiary/aromatic N) is 3. The number of aryl methyl sites for hydroxylation is 2. The first-order chi connectivity index (χ1) is 9.37. The van der Waals surface area contributed by atoms with E-state index in [0.717, 1.165) is 23.6 Å². The molecule has 0 amide bonds. The Hall–Kier alpha value is -1.14. The molecule has 1 aromatic heterocycles. The molecule has 0 atom stereocenters. The molecule has 0 aromatic carbocycles. The van der Waals surface area contributed by atoms with E-state index in [9.17, 15) is 0 Å². The lowest BCUT2D eigenvalue weighted by Gasteiger charge is -2.36. The van der Waals surface area contributed by atoms with Crippen molar-refractivity contribution >= 4 is 23.0 Å². The van der Waals surface area contributed by atoms with Gasteiger partial charge < -0.3 is 16.0 Å². The van der Waals surface area contributed by atoms with Crippen molar-refractivity contribution < 1.29 is 0 Å². The van der Waals surface area contributed by atoms with Crippen LogP contribution in [0.15, 0.2) is 0 Å². The average molecular weight is 295 g/mol. The summed E-state index contributed by atoms with van der Waals surface area (Å²) in [5, 5.41) is 7.96. The molecule has 6 heteroatoms. The van der Waals surface area contributed by atoms with Gasteiger partial charge in [0.05, 0.1) is 11.3 Å². The molecule has 1 aromatic rings. The van der Waals surface area contributed by atoms with Gasteiger partial charge in [0.15, 0.2) is 0 Å². The first-order valence-electron chi connectivity index (χ1n) is 7.12. The maximum Gasteiger partial charge on any atom is 0.134 e. The second-order valence-corrected chi connectivity index (χ2v) is 6.42. The number of hydrogen-bond acceptors (Lipinski definition) is 4. The van der Waals surface area contributed by atoms with Crippen molar-refractivity contribution in [1.82, 2.24) is 14.7 Å². The largest absolute Gasteiger partial charge is 0.389 e. The highest BCUT2D eigenvalue weighted by Gasteiger charge is 2.36. The number of anilines is 1. The molecule has 1 fully saturated rings. The summed E-state index contributed by atoms with van der Waals surface area (Å²) in [5.74, 6) is 0.933. The maximum atomic E-state index is 5.83. The van der Waals surface area contributed by atoms with Crippen molar-refractivity contribution in [2.45, 2.75) is 38.1 Å². The van der Waals surface area contributed by atoms with Crippen molar-refractivity contribution in [3.8, 4) is 0 Å². The van der Waals surface area contributed by atoms with E-state index in [1.165, 1.54) is 25.7 Å². The first-order valence-corrected chi connectivity index (χ1v) is 7.53. The Morgan fingerprint density at radius 2 is 2.05 bits per heavy atom. The third kappa shape index (κ3) is 2.67. The summed E-state index contributed by atoms with van der Waals surface area (Å²) < 4.78 is 1.84. The van der Waals surface area contributed by atoms with Crippen LogP contribution in [0.3, 0.4) is 0 Å². The van der Waals surface area contributed by atoms with Gasteiger partial charge in [0.2, 0.25) is 0 Å². The maximum absolute atomic E-state index is 5.83. The lowest BCUT2D eigenvalue weighted by atomic mass is 9.96. The third-order valence-electron chi connectivity index (χ3n) is 4.54. The van der Waals surface area contributed by atoms with Gasteiger partial charge in [0, 0.05) is 19.1 Å². The second-order valence-electron chi connectivity index (χ2n) is 5.98. The molecule has 5 nitrogen and oxygen atoms in total. The molecule has 0 bridgehead atoms. The standard InChI is InChI=1S/C14H25N5S/c1-10-11(12(15)20)13(19(4)17-10)16-9-14(18(2)3)7-5-6-8-14/h16H,5-9H2,1-4H3,(H2,15,20). The van der Waals surface area contributed by atoms with Crippen LogP contribution in [-0.2, 0) is 7.05 Å². The van der Waals surface area contributed by atoms with Crippen molar-refractivity contribution in [1.29, 1.82) is 0 Å². The topological polar surface area (TPSA) is 59.1 Å². The van der Waals surface area contributed by atoms with E-state index in [-0.39, 0.29) is 5.54 Å². The van der Waals surface area contributed by atoms with E-state index in [1.807, 2.05) is 18.7 Å². The van der Waals surface area contributed by atoms with Crippen molar-refractivity contribution in [2.24, 2.45) is 12.8 Å². The number of nitrogens with two attached hydrogens (primary N) is 1. The van der Waals surface area contributed by atoms with Crippen LogP contribution in [0.25, 0.3) is 0 Å². The van der Waals surface area contributed by atoms with Gasteiger partial charge in [0.1, 0.15) is 10.8 Å². The number of likely N-dealkylation sites (N-methyl/N-ethyl adjacent to an activating group) is 1. The number of thiocarbonyl (C=S) groups is 1. The fraction of sp³-hybridized carbons (Fsp3) is 0.714. The molecule has 0 saturated heterocycles. The highest BCUT2D eigenvalue weighted by Crippen LogP contribution is 2.34. The molecule has 0 unspecified atom stereocenters. The van der Waals surface area contributed by atoms with Gasteiger partial charge in [-0.25, -0.2) is 0 Å². The van der Waals surface area contributed by atoms with Crippen molar-refractivity contribution in [3.05, 3.63) is 11.3 Å². The van der Waals surface area contributed by atoms with Crippen LogP contribution < -0.4 is 11.1 Å². The Kier molecular flexibility index (Phi) is 4.34. The predicted molar refractivity (Wildman–Crippen MR) is 87.2 cm³/mol. The molecule has 112 valence electrons. The van der Waals surface area contributed by atoms with E-state index < -0.39 is 0 Å². The van der Waals surface area contributed by atoms with Crippen molar-refractivity contribution in [3.63, 3.8) is 0 Å². The highest BCUT2D eigenvalue weighted by molar-refractivity contribution is 7.80. The first kappa shape index (κ1) is 15.3. The van der Waals surface area contributed by atoms with Crippen LogP contribution in [-0.4, -0.2) is 45.8 Å². The van der Waals surface area contributed by atoms with Gasteiger partial charge in [-0.1, -0.05) is 25.1 Å². The molecule has 2 rings (SSSR count). The Labute approximate surface area is 126 Å². The van der Waals surface area contributed by atoms with Crippen LogP contribution in [0.5, 0.6) is 0 Å². The summed E-state index contributed by atoms with van der Waals surface area (Å²) in [6.45, 7) is 2.84. The second kappa shape index (κ2) is 5.69. The molecule has 20 heavy (non-hydrogen) atoms. The minimum atomic E-state index is 0.228. The van der Waals surface area contributed by atoms with Gasteiger partial charge in [-0.3, -0.25) is 4.68 Å². The zero-order chi connectivity index (χ0) is 14.9. The highest BCUT2D eigenvalue weighted by atomic mass is 32.1. The van der Waals surface area contributed by atoms with E-state index in [4.69, 9.17) is 18.0 Å². The molecular weight excluding hydrogens is 270 g/mol. The van der Waals surface area contributed by atoms with E-state index in [0.29, 0.717) is 4.99 Å². The molecule has 1 saturated carbocycles. The van der Waals surface area contributed by atoms with Crippen LogP contribution in [0.2, 0.25) is 0 Å². The molecule has 0 aliphatic heterocycles. The minimum absolute atomic E-state index is 0.228. The average Bonchev–Trinajstić information content (AvgIpc) is 2.92. The summed E-state index contributed by atoms with van der Waals surface area (Å²) in [5.41, 5.74) is 7.81. The smallest absolute Gasteiger partial charge is 0.134 e. The molecule has 1 heterocycles. The molecular formula is C14H25N5S. The van der Waals surface area contributed by atoms with Crippen LogP contribution in [0, 0.1) is 6.92 Å². The minimum Gasteiger partial charge on any atom is -0.389 e. The van der Waals surface area contributed by atoms with Gasteiger partial charge in [-0.05, 0) is 33.9 Å². The fourth-order valence-electron chi connectivity index (χ4n) is 3.22. The zero-order valence-corrected chi connectivity index (χ0v) is 13.7. The predicted octanol–water partition coefficient (Wildman–Crippen LogP) is 1.65. The molecule has 1 aliphatic carbocycles. The summed E-state index contributed by atoms with van der Waals surface area (Å²) in [4.78, 5) is 2.75. The quantitative estimate of drug-likeness (QED) is 0.809. The summed E-state index contributed by atoms with van der Waals surface area (Å²) in [7, 11) is 6.25. The van der Waals surface area contributed by atoms with E-state index >= 15 is 0 Å². The zero-order valence-electron chi connectivity index (χ0n) is 12.9. The molecule has 0 radical (unpaired) electrons. The van der Waals surface area contributed by atoms with E-state index in [1.54, 1.807) is 0 Å². The lowest BCUT2D eigenvalue weighted by Crippen LogP contribution is -2.47. The Bertz CT molecular complexity index is 500. The van der Waals surface area contributed by atoms with Gasteiger partial charge in [0.25, 0.3) is 0 Å². The summed E-state index contributed by atoms with van der Waals surface area (Å²) in [6.07, 6.45) is 5.05. The summed E-state index contributed by atoms with van der Waals surface area (Å²) >= 11 is 5.15. The molecule has 3 N–H and O–H groups in total. The van der Waals surface area contributed by atoms with Gasteiger partial charge in [-0.2, -0.15) is 5.10 Å². The van der Waals surface area contributed by atoms with E-state index in [2.05, 4.69) is 29.4 Å². The van der Waals surface area contributed by atoms with Crippen LogP contribution in [0.4, 0.5) is 5.82 Å². The van der Waals surface area contributed by atoms with Crippen LogP contribution >= 0.6 is 12.2 Å². The molecule has 0 spiro atoms. The lowest BCUT2D eigenvalue weighted by molar-refractivity contribution is 0.172. The van der Waals surface area contributed by atoms with Crippen molar-refractivity contribution in [2.75, 3.05) is 26.0 Å².